The first-order valence-electron chi connectivity index (χ1n) is 6.24. The van der Waals surface area contributed by atoms with Crippen molar-refractivity contribution in [1.29, 1.82) is 0 Å². The summed E-state index contributed by atoms with van der Waals surface area (Å²) in [4.78, 5) is 4.34. The molecule has 2 aromatic carbocycles. The van der Waals surface area contributed by atoms with Crippen molar-refractivity contribution < 1.29 is 4.74 Å². The van der Waals surface area contributed by atoms with Crippen LogP contribution >= 0.6 is 15.9 Å². The third kappa shape index (κ3) is 2.60. The standard InChI is InChI=1S/C16H13BrN2O/c17-14-6-5-12(18)9-16(14)20-10-11-7-8-19-15-4-2-1-3-13(11)15/h1-9H,10,18H2. The summed E-state index contributed by atoms with van der Waals surface area (Å²) in [5.41, 5.74) is 8.53. The molecule has 0 atom stereocenters. The van der Waals surface area contributed by atoms with E-state index in [0.717, 1.165) is 26.7 Å². The molecule has 2 N–H and O–H groups in total. The molecule has 20 heavy (non-hydrogen) atoms. The summed E-state index contributed by atoms with van der Waals surface area (Å²) in [5.74, 6) is 0.742. The van der Waals surface area contributed by atoms with Gasteiger partial charge >= 0.3 is 0 Å². The fraction of sp³-hybridized carbons (Fsp3) is 0.0625. The largest absolute Gasteiger partial charge is 0.488 e. The molecule has 1 heterocycles. The number of hydrogen-bond donors (Lipinski definition) is 1. The average Bonchev–Trinajstić information content (AvgIpc) is 2.48. The van der Waals surface area contributed by atoms with Crippen LogP contribution in [0, 0.1) is 0 Å². The average molecular weight is 329 g/mol. The first-order valence-corrected chi connectivity index (χ1v) is 7.04. The lowest BCUT2D eigenvalue weighted by molar-refractivity contribution is 0.306. The summed E-state index contributed by atoms with van der Waals surface area (Å²) in [6.45, 7) is 0.477. The van der Waals surface area contributed by atoms with Crippen molar-refractivity contribution in [1.82, 2.24) is 4.98 Å². The lowest BCUT2D eigenvalue weighted by atomic mass is 10.1. The van der Waals surface area contributed by atoms with Gasteiger partial charge in [-0.2, -0.15) is 0 Å². The SMILES string of the molecule is Nc1ccc(Br)c(OCc2ccnc3ccccc23)c1. The molecule has 0 radical (unpaired) electrons. The van der Waals surface area contributed by atoms with Gasteiger partial charge in [0.15, 0.2) is 0 Å². The quantitative estimate of drug-likeness (QED) is 0.734. The predicted molar refractivity (Wildman–Crippen MR) is 84.6 cm³/mol. The number of nitrogens with two attached hydrogens (primary N) is 1. The zero-order valence-electron chi connectivity index (χ0n) is 10.7. The van der Waals surface area contributed by atoms with E-state index in [4.69, 9.17) is 10.5 Å². The highest BCUT2D eigenvalue weighted by Gasteiger charge is 2.05. The van der Waals surface area contributed by atoms with Crippen LogP contribution in [0.3, 0.4) is 0 Å². The van der Waals surface area contributed by atoms with Gasteiger partial charge in [-0.15, -0.1) is 0 Å². The molecule has 100 valence electrons. The Balaban J connectivity index is 1.89. The zero-order chi connectivity index (χ0) is 13.9. The van der Waals surface area contributed by atoms with E-state index in [-0.39, 0.29) is 0 Å². The Morgan fingerprint density at radius 2 is 1.95 bits per heavy atom. The van der Waals surface area contributed by atoms with Crippen LogP contribution in [-0.2, 0) is 6.61 Å². The molecule has 1 aromatic heterocycles. The first-order chi connectivity index (χ1) is 9.74. The summed E-state index contributed by atoms with van der Waals surface area (Å²) in [5, 5.41) is 1.11. The maximum absolute atomic E-state index is 5.86. The smallest absolute Gasteiger partial charge is 0.136 e. The highest BCUT2D eigenvalue weighted by Crippen LogP contribution is 2.28. The third-order valence-electron chi connectivity index (χ3n) is 3.08. The molecule has 0 amide bonds. The van der Waals surface area contributed by atoms with E-state index >= 15 is 0 Å². The van der Waals surface area contributed by atoms with Gasteiger partial charge in [-0.25, -0.2) is 0 Å². The molecule has 3 rings (SSSR count). The number of rotatable bonds is 3. The molecular weight excluding hydrogens is 316 g/mol. The molecule has 3 aromatic rings. The maximum atomic E-state index is 5.86. The first kappa shape index (κ1) is 12.9. The Morgan fingerprint density at radius 3 is 2.85 bits per heavy atom. The van der Waals surface area contributed by atoms with Crippen molar-refractivity contribution in [2.75, 3.05) is 5.73 Å². The minimum absolute atomic E-state index is 0.477. The number of aromatic nitrogens is 1. The van der Waals surface area contributed by atoms with Gasteiger partial charge in [0.1, 0.15) is 12.4 Å². The number of anilines is 1. The van der Waals surface area contributed by atoms with Gasteiger partial charge in [-0.05, 0) is 40.2 Å². The van der Waals surface area contributed by atoms with Crippen LogP contribution in [0.25, 0.3) is 10.9 Å². The Labute approximate surface area is 125 Å². The van der Waals surface area contributed by atoms with Crippen molar-refractivity contribution in [3.63, 3.8) is 0 Å². The number of halogens is 1. The minimum Gasteiger partial charge on any atom is -0.488 e. The summed E-state index contributed by atoms with van der Waals surface area (Å²) < 4.78 is 6.75. The van der Waals surface area contributed by atoms with Crippen LogP contribution in [0.15, 0.2) is 59.2 Å². The van der Waals surface area contributed by atoms with Crippen molar-refractivity contribution in [2.24, 2.45) is 0 Å². The molecule has 4 heteroatoms. The van der Waals surface area contributed by atoms with E-state index in [1.807, 2.05) is 42.5 Å². The Hall–Kier alpha value is -2.07. The summed E-state index contributed by atoms with van der Waals surface area (Å²) in [6, 6.07) is 15.5. The van der Waals surface area contributed by atoms with Gasteiger partial charge in [0.25, 0.3) is 0 Å². The Morgan fingerprint density at radius 1 is 1.10 bits per heavy atom. The van der Waals surface area contributed by atoms with E-state index < -0.39 is 0 Å². The number of pyridine rings is 1. The van der Waals surface area contributed by atoms with E-state index in [2.05, 4.69) is 27.0 Å². The molecular formula is C16H13BrN2O. The fourth-order valence-electron chi connectivity index (χ4n) is 2.07. The van der Waals surface area contributed by atoms with Crippen LogP contribution in [0.1, 0.15) is 5.56 Å². The van der Waals surface area contributed by atoms with Crippen molar-refractivity contribution >= 4 is 32.5 Å². The van der Waals surface area contributed by atoms with Gasteiger partial charge in [-0.1, -0.05) is 18.2 Å². The van der Waals surface area contributed by atoms with Crippen LogP contribution < -0.4 is 10.5 Å². The highest BCUT2D eigenvalue weighted by atomic mass is 79.9. The van der Waals surface area contributed by atoms with Gasteiger partial charge in [0.2, 0.25) is 0 Å². The Kier molecular flexibility index (Phi) is 3.56. The normalized spacial score (nSPS) is 10.7. The number of nitrogen functional groups attached to an aromatic ring is 1. The molecule has 0 bridgehead atoms. The lowest BCUT2D eigenvalue weighted by Gasteiger charge is -2.10. The fourth-order valence-corrected chi connectivity index (χ4v) is 2.43. The van der Waals surface area contributed by atoms with Gasteiger partial charge in [-0.3, -0.25) is 4.98 Å². The van der Waals surface area contributed by atoms with E-state index in [1.54, 1.807) is 6.20 Å². The number of ether oxygens (including phenoxy) is 1. The van der Waals surface area contributed by atoms with Crippen LogP contribution in [0.4, 0.5) is 5.69 Å². The van der Waals surface area contributed by atoms with Gasteiger partial charge in [0, 0.05) is 28.9 Å². The lowest BCUT2D eigenvalue weighted by Crippen LogP contribution is -1.98. The second kappa shape index (κ2) is 5.51. The Bertz CT molecular complexity index is 753. The molecule has 0 aliphatic rings. The predicted octanol–water partition coefficient (Wildman–Crippen LogP) is 4.16. The van der Waals surface area contributed by atoms with E-state index in [1.165, 1.54) is 0 Å². The third-order valence-corrected chi connectivity index (χ3v) is 3.73. The molecule has 3 nitrogen and oxygen atoms in total. The minimum atomic E-state index is 0.477. The number of nitrogens with zero attached hydrogens (tertiary/aromatic N) is 1. The molecule has 0 unspecified atom stereocenters. The number of fused-ring (bicyclic) bond motifs is 1. The summed E-state index contributed by atoms with van der Waals surface area (Å²) in [6.07, 6.45) is 1.80. The molecule has 0 spiro atoms. The topological polar surface area (TPSA) is 48.1 Å². The molecule has 0 fully saturated rings. The second-order valence-corrected chi connectivity index (χ2v) is 5.32. The molecule has 0 aliphatic heterocycles. The number of hydrogen-bond acceptors (Lipinski definition) is 3. The van der Waals surface area contributed by atoms with Crippen LogP contribution in [0.2, 0.25) is 0 Å². The zero-order valence-corrected chi connectivity index (χ0v) is 12.3. The van der Waals surface area contributed by atoms with E-state index in [0.29, 0.717) is 12.3 Å². The van der Waals surface area contributed by atoms with Crippen LogP contribution in [0.5, 0.6) is 5.75 Å². The monoisotopic (exact) mass is 328 g/mol. The summed E-state index contributed by atoms with van der Waals surface area (Å²) in [7, 11) is 0. The van der Waals surface area contributed by atoms with Gasteiger partial charge in [0.05, 0.1) is 9.99 Å². The maximum Gasteiger partial charge on any atom is 0.136 e. The molecule has 0 aliphatic carbocycles. The molecule has 0 saturated heterocycles. The van der Waals surface area contributed by atoms with Crippen LogP contribution in [-0.4, -0.2) is 4.98 Å². The number of para-hydroxylation sites is 1. The number of benzene rings is 2. The van der Waals surface area contributed by atoms with E-state index in [9.17, 15) is 0 Å². The second-order valence-electron chi connectivity index (χ2n) is 4.47. The molecule has 0 saturated carbocycles. The van der Waals surface area contributed by atoms with Crippen molar-refractivity contribution in [3.05, 3.63) is 64.8 Å². The highest BCUT2D eigenvalue weighted by molar-refractivity contribution is 9.10. The van der Waals surface area contributed by atoms with Crippen molar-refractivity contribution in [3.8, 4) is 5.75 Å². The van der Waals surface area contributed by atoms with Crippen molar-refractivity contribution in [2.45, 2.75) is 6.61 Å². The van der Waals surface area contributed by atoms with Gasteiger partial charge < -0.3 is 10.5 Å². The summed E-state index contributed by atoms with van der Waals surface area (Å²) >= 11 is 3.46.